The van der Waals surface area contributed by atoms with Gasteiger partial charge in [0, 0.05) is 13.1 Å². The van der Waals surface area contributed by atoms with Gasteiger partial charge in [-0.3, -0.25) is 0 Å². The summed E-state index contributed by atoms with van der Waals surface area (Å²) in [6, 6.07) is 3.39. The summed E-state index contributed by atoms with van der Waals surface area (Å²) < 4.78 is 0. The van der Waals surface area contributed by atoms with Crippen LogP contribution in [0.15, 0.2) is 12.1 Å². The van der Waals surface area contributed by atoms with E-state index in [0.29, 0.717) is 5.82 Å². The lowest BCUT2D eigenvalue weighted by molar-refractivity contribution is 0.0691. The van der Waals surface area contributed by atoms with Crippen molar-refractivity contribution in [3.63, 3.8) is 0 Å². The number of anilines is 1. The lowest BCUT2D eigenvalue weighted by Crippen LogP contribution is -2.40. The Morgan fingerprint density at radius 3 is 2.83 bits per heavy atom. The number of aromatic nitrogens is 1. The number of carbonyl (C=O) groups is 1. The Morgan fingerprint density at radius 2 is 2.22 bits per heavy atom. The van der Waals surface area contributed by atoms with Gasteiger partial charge in [0.05, 0.1) is 5.02 Å². The topological polar surface area (TPSA) is 53.4 Å². The van der Waals surface area contributed by atoms with Crippen LogP contribution in [0.1, 0.15) is 37.2 Å². The number of piperidine rings is 1. The van der Waals surface area contributed by atoms with Gasteiger partial charge in [-0.1, -0.05) is 25.4 Å². The molecule has 1 saturated heterocycles. The van der Waals surface area contributed by atoms with Gasteiger partial charge in [-0.2, -0.15) is 0 Å². The van der Waals surface area contributed by atoms with Crippen LogP contribution in [0.3, 0.4) is 0 Å². The standard InChI is InChI=1S/C13H17ClN2O2/c1-13(2)6-3-7-16(8-13)10-5-4-9(14)11(15-10)12(17)18/h4-5H,3,6-8H2,1-2H3,(H,17,18). The first-order valence-electron chi connectivity index (χ1n) is 6.04. The van der Waals surface area contributed by atoms with Crippen LogP contribution in [-0.2, 0) is 0 Å². The molecule has 1 aromatic rings. The highest BCUT2D eigenvalue weighted by atomic mass is 35.5. The first-order chi connectivity index (χ1) is 8.39. The van der Waals surface area contributed by atoms with Crippen molar-refractivity contribution in [3.8, 4) is 0 Å². The van der Waals surface area contributed by atoms with Gasteiger partial charge in [0.1, 0.15) is 5.82 Å². The van der Waals surface area contributed by atoms with Crippen LogP contribution in [0.2, 0.25) is 5.02 Å². The Bertz CT molecular complexity index is 474. The van der Waals surface area contributed by atoms with Crippen LogP contribution in [0.4, 0.5) is 5.82 Å². The number of carboxylic acids is 1. The van der Waals surface area contributed by atoms with E-state index >= 15 is 0 Å². The summed E-state index contributed by atoms with van der Waals surface area (Å²) in [7, 11) is 0. The summed E-state index contributed by atoms with van der Waals surface area (Å²) in [6.07, 6.45) is 2.28. The zero-order chi connectivity index (χ0) is 13.3. The van der Waals surface area contributed by atoms with Crippen LogP contribution in [-0.4, -0.2) is 29.1 Å². The number of carboxylic acid groups (broad SMARTS) is 1. The molecule has 0 radical (unpaired) electrons. The van der Waals surface area contributed by atoms with Crippen LogP contribution < -0.4 is 4.90 Å². The fourth-order valence-electron chi connectivity index (χ4n) is 2.38. The van der Waals surface area contributed by atoms with Gasteiger partial charge in [0.15, 0.2) is 5.69 Å². The van der Waals surface area contributed by atoms with Crippen molar-refractivity contribution in [2.75, 3.05) is 18.0 Å². The van der Waals surface area contributed by atoms with Crippen LogP contribution in [0.5, 0.6) is 0 Å². The molecule has 0 unspecified atom stereocenters. The van der Waals surface area contributed by atoms with Crippen molar-refractivity contribution < 1.29 is 9.90 Å². The Balaban J connectivity index is 2.28. The lowest BCUT2D eigenvalue weighted by Gasteiger charge is -2.38. The second kappa shape index (κ2) is 4.76. The second-order valence-electron chi connectivity index (χ2n) is 5.49. The maximum absolute atomic E-state index is 11.0. The Kier molecular flexibility index (Phi) is 3.48. The number of hydrogen-bond donors (Lipinski definition) is 1. The van der Waals surface area contributed by atoms with Gasteiger partial charge >= 0.3 is 5.97 Å². The number of halogens is 1. The minimum atomic E-state index is -1.09. The summed E-state index contributed by atoms with van der Waals surface area (Å²) in [5, 5.41) is 9.21. The highest BCUT2D eigenvalue weighted by molar-refractivity contribution is 6.33. The van der Waals surface area contributed by atoms with Crippen LogP contribution >= 0.6 is 11.6 Å². The van der Waals surface area contributed by atoms with Crippen molar-refractivity contribution in [2.45, 2.75) is 26.7 Å². The van der Waals surface area contributed by atoms with Gasteiger partial charge in [-0.15, -0.1) is 0 Å². The maximum Gasteiger partial charge on any atom is 0.356 e. The van der Waals surface area contributed by atoms with Crippen molar-refractivity contribution in [1.82, 2.24) is 4.98 Å². The van der Waals surface area contributed by atoms with Crippen molar-refractivity contribution in [1.29, 1.82) is 0 Å². The predicted molar refractivity (Wildman–Crippen MR) is 71.4 cm³/mol. The zero-order valence-electron chi connectivity index (χ0n) is 10.6. The molecule has 1 aromatic heterocycles. The smallest absolute Gasteiger partial charge is 0.356 e. The maximum atomic E-state index is 11.0. The average molecular weight is 269 g/mol. The molecule has 0 spiro atoms. The van der Waals surface area contributed by atoms with Crippen LogP contribution in [0.25, 0.3) is 0 Å². The van der Waals surface area contributed by atoms with Gasteiger partial charge in [0.2, 0.25) is 0 Å². The molecule has 1 aliphatic rings. The van der Waals surface area contributed by atoms with Crippen LogP contribution in [0, 0.1) is 5.41 Å². The molecule has 0 atom stereocenters. The zero-order valence-corrected chi connectivity index (χ0v) is 11.4. The molecule has 2 rings (SSSR count). The molecule has 1 fully saturated rings. The molecule has 0 aromatic carbocycles. The molecule has 0 aliphatic carbocycles. The highest BCUT2D eigenvalue weighted by Crippen LogP contribution is 2.31. The number of hydrogen-bond acceptors (Lipinski definition) is 3. The number of pyridine rings is 1. The van der Waals surface area contributed by atoms with Gasteiger partial charge in [0.25, 0.3) is 0 Å². The van der Waals surface area contributed by atoms with E-state index in [-0.39, 0.29) is 16.1 Å². The van der Waals surface area contributed by atoms with Gasteiger partial charge in [-0.25, -0.2) is 9.78 Å². The SMILES string of the molecule is CC1(C)CCCN(c2ccc(Cl)c(C(=O)O)n2)C1. The molecule has 98 valence electrons. The lowest BCUT2D eigenvalue weighted by atomic mass is 9.84. The fourth-order valence-corrected chi connectivity index (χ4v) is 2.56. The van der Waals surface area contributed by atoms with E-state index in [1.807, 2.05) is 0 Å². The van der Waals surface area contributed by atoms with E-state index in [1.54, 1.807) is 12.1 Å². The molecule has 1 N–H and O–H groups in total. The molecule has 2 heterocycles. The van der Waals surface area contributed by atoms with E-state index in [4.69, 9.17) is 16.7 Å². The molecule has 0 bridgehead atoms. The summed E-state index contributed by atoms with van der Waals surface area (Å²) in [6.45, 7) is 6.23. The summed E-state index contributed by atoms with van der Waals surface area (Å²) >= 11 is 5.82. The second-order valence-corrected chi connectivity index (χ2v) is 5.90. The van der Waals surface area contributed by atoms with Gasteiger partial charge < -0.3 is 10.0 Å². The molecule has 1 aliphatic heterocycles. The predicted octanol–water partition coefficient (Wildman–Crippen LogP) is 3.06. The van der Waals surface area contributed by atoms with Gasteiger partial charge in [-0.05, 0) is 30.4 Å². The number of nitrogens with zero attached hydrogens (tertiary/aromatic N) is 2. The summed E-state index contributed by atoms with van der Waals surface area (Å²) in [5.41, 5.74) is 0.167. The van der Waals surface area contributed by atoms with E-state index in [1.165, 1.54) is 6.42 Å². The summed E-state index contributed by atoms with van der Waals surface area (Å²) in [4.78, 5) is 17.3. The molecule has 18 heavy (non-hydrogen) atoms. The monoisotopic (exact) mass is 268 g/mol. The molecular weight excluding hydrogens is 252 g/mol. The fraction of sp³-hybridized carbons (Fsp3) is 0.538. The first-order valence-corrected chi connectivity index (χ1v) is 6.42. The number of aromatic carboxylic acids is 1. The van der Waals surface area contributed by atoms with Crippen molar-refractivity contribution in [3.05, 3.63) is 22.8 Å². The Labute approximate surface area is 112 Å². The third kappa shape index (κ3) is 2.75. The average Bonchev–Trinajstić information content (AvgIpc) is 2.27. The normalized spacial score (nSPS) is 18.7. The quantitative estimate of drug-likeness (QED) is 0.896. The number of rotatable bonds is 2. The summed E-state index contributed by atoms with van der Waals surface area (Å²) in [5.74, 6) is -0.386. The van der Waals surface area contributed by atoms with E-state index in [9.17, 15) is 4.79 Å². The highest BCUT2D eigenvalue weighted by Gasteiger charge is 2.27. The van der Waals surface area contributed by atoms with Crippen molar-refractivity contribution >= 4 is 23.4 Å². The minimum Gasteiger partial charge on any atom is -0.476 e. The van der Waals surface area contributed by atoms with E-state index < -0.39 is 5.97 Å². The molecular formula is C13H17ClN2O2. The minimum absolute atomic E-state index is 0.0717. The van der Waals surface area contributed by atoms with Crippen molar-refractivity contribution in [2.24, 2.45) is 5.41 Å². The van der Waals surface area contributed by atoms with E-state index in [2.05, 4.69) is 23.7 Å². The third-order valence-electron chi connectivity index (χ3n) is 3.26. The Hall–Kier alpha value is -1.29. The largest absolute Gasteiger partial charge is 0.476 e. The third-order valence-corrected chi connectivity index (χ3v) is 3.56. The molecule has 4 nitrogen and oxygen atoms in total. The molecule has 0 saturated carbocycles. The Morgan fingerprint density at radius 1 is 1.50 bits per heavy atom. The molecule has 5 heteroatoms. The molecule has 0 amide bonds. The first kappa shape index (κ1) is 13.1. The van der Waals surface area contributed by atoms with E-state index in [0.717, 1.165) is 19.5 Å².